The Kier molecular flexibility index (Phi) is 7.80. The molecule has 6 rings (SSSR count). The number of carbonyl (C=O) groups is 2. The molecule has 1 atom stereocenters. The van der Waals surface area contributed by atoms with Crippen LogP contribution in [0.3, 0.4) is 0 Å². The maximum atomic E-state index is 14.2. The average molecular weight is 563 g/mol. The second kappa shape index (κ2) is 12.1. The fourth-order valence-electron chi connectivity index (χ4n) is 5.26. The molecular formula is C31H30N8O3. The summed E-state index contributed by atoms with van der Waals surface area (Å²) in [6.07, 6.45) is 7.16. The van der Waals surface area contributed by atoms with Gasteiger partial charge in [0.15, 0.2) is 6.04 Å². The first-order chi connectivity index (χ1) is 20.6. The van der Waals surface area contributed by atoms with Gasteiger partial charge in [-0.2, -0.15) is 4.80 Å². The molecule has 3 heterocycles. The van der Waals surface area contributed by atoms with Crippen LogP contribution in [-0.4, -0.2) is 55.1 Å². The minimum absolute atomic E-state index is 0.0550. The van der Waals surface area contributed by atoms with Crippen molar-refractivity contribution < 1.29 is 14.3 Å². The molecular weight excluding hydrogens is 532 g/mol. The molecule has 1 saturated carbocycles. The zero-order valence-corrected chi connectivity index (χ0v) is 23.1. The molecule has 2 amide bonds. The number of benzene rings is 2. The highest BCUT2D eigenvalue weighted by atomic mass is 16.5. The minimum Gasteiger partial charge on any atom is -0.497 e. The third kappa shape index (κ3) is 5.80. The number of aromatic nitrogens is 6. The van der Waals surface area contributed by atoms with Gasteiger partial charge in [-0.15, -0.1) is 10.2 Å². The van der Waals surface area contributed by atoms with E-state index in [4.69, 9.17) is 4.74 Å². The van der Waals surface area contributed by atoms with Crippen LogP contribution in [0.5, 0.6) is 5.75 Å². The summed E-state index contributed by atoms with van der Waals surface area (Å²) in [6, 6.07) is 21.1. The van der Waals surface area contributed by atoms with Crippen LogP contribution in [0.2, 0.25) is 0 Å². The highest BCUT2D eigenvalue weighted by molar-refractivity contribution is 6.02. The molecule has 0 saturated heterocycles. The summed E-state index contributed by atoms with van der Waals surface area (Å²) in [5.41, 5.74) is 2.42. The summed E-state index contributed by atoms with van der Waals surface area (Å²) >= 11 is 0. The van der Waals surface area contributed by atoms with E-state index in [-0.39, 0.29) is 18.5 Å². The van der Waals surface area contributed by atoms with Gasteiger partial charge in [-0.1, -0.05) is 37.1 Å². The molecule has 1 N–H and O–H groups in total. The first-order valence-corrected chi connectivity index (χ1v) is 13.9. The maximum absolute atomic E-state index is 14.2. The topological polar surface area (TPSA) is 128 Å². The first-order valence-electron chi connectivity index (χ1n) is 13.9. The molecule has 0 radical (unpaired) electrons. The van der Waals surface area contributed by atoms with Gasteiger partial charge in [0.25, 0.3) is 5.91 Å². The molecule has 0 bridgehead atoms. The van der Waals surface area contributed by atoms with Gasteiger partial charge >= 0.3 is 0 Å². The summed E-state index contributed by atoms with van der Waals surface area (Å²) in [5.74, 6) is 0.359. The van der Waals surface area contributed by atoms with E-state index in [1.807, 2.05) is 42.5 Å². The quantitative estimate of drug-likeness (QED) is 0.284. The Morgan fingerprint density at radius 2 is 1.81 bits per heavy atom. The highest BCUT2D eigenvalue weighted by Crippen LogP contribution is 2.30. The van der Waals surface area contributed by atoms with Gasteiger partial charge in [-0.25, -0.2) is 0 Å². The molecule has 5 aromatic rings. The zero-order chi connectivity index (χ0) is 28.9. The molecule has 2 aromatic carbocycles. The SMILES string of the molecule is COc1ccc(-c2nnn(CC(=O)N(c3cnc4ccccc4c3)C(C(=O)NC3CCCC3)c3ccccn3)n2)cc1. The monoisotopic (exact) mass is 562 g/mol. The van der Waals surface area contributed by atoms with Gasteiger partial charge in [-0.05, 0) is 66.6 Å². The van der Waals surface area contributed by atoms with Crippen LogP contribution in [0.1, 0.15) is 37.4 Å². The van der Waals surface area contributed by atoms with Gasteiger partial charge in [0.05, 0.1) is 30.2 Å². The van der Waals surface area contributed by atoms with Crippen molar-refractivity contribution in [2.24, 2.45) is 0 Å². The van der Waals surface area contributed by atoms with E-state index in [1.54, 1.807) is 49.8 Å². The number of anilines is 1. The van der Waals surface area contributed by atoms with Crippen LogP contribution in [0.4, 0.5) is 5.69 Å². The number of methoxy groups -OCH3 is 1. The van der Waals surface area contributed by atoms with E-state index in [0.717, 1.165) is 42.1 Å². The second-order valence-corrected chi connectivity index (χ2v) is 10.2. The molecule has 1 fully saturated rings. The van der Waals surface area contributed by atoms with Crippen LogP contribution in [0, 0.1) is 0 Å². The van der Waals surface area contributed by atoms with Crippen LogP contribution in [0.15, 0.2) is 85.2 Å². The van der Waals surface area contributed by atoms with Crippen LogP contribution >= 0.6 is 0 Å². The number of para-hydroxylation sites is 1. The Hall–Kier alpha value is -5.19. The molecule has 1 aliphatic carbocycles. The van der Waals surface area contributed by atoms with Crippen LogP contribution in [-0.2, 0) is 16.1 Å². The van der Waals surface area contributed by atoms with Crippen molar-refractivity contribution in [2.75, 3.05) is 12.0 Å². The fraction of sp³-hybridized carbons (Fsp3) is 0.258. The van der Waals surface area contributed by atoms with Crippen molar-refractivity contribution in [3.63, 3.8) is 0 Å². The third-order valence-electron chi connectivity index (χ3n) is 7.38. The molecule has 11 heteroatoms. The Morgan fingerprint density at radius 1 is 1.02 bits per heavy atom. The lowest BCUT2D eigenvalue weighted by Gasteiger charge is -2.31. The van der Waals surface area contributed by atoms with E-state index in [2.05, 4.69) is 30.7 Å². The number of tetrazole rings is 1. The summed E-state index contributed by atoms with van der Waals surface area (Å²) in [6.45, 7) is -0.254. The Labute approximate surface area is 242 Å². The lowest BCUT2D eigenvalue weighted by atomic mass is 10.1. The smallest absolute Gasteiger partial charge is 0.251 e. The number of ether oxygens (including phenoxy) is 1. The van der Waals surface area contributed by atoms with Gasteiger partial charge < -0.3 is 10.1 Å². The molecule has 42 heavy (non-hydrogen) atoms. The van der Waals surface area contributed by atoms with Crippen molar-refractivity contribution >= 4 is 28.4 Å². The standard InChI is InChI=1S/C31H30N8O3/c1-42-25-15-13-21(14-16-25)30-35-37-38(36-30)20-28(40)39(24-18-22-8-2-5-11-26(22)33-19-24)29(27-12-6-7-17-32-27)31(41)34-23-9-3-4-10-23/h2,5-8,11-19,23,29H,3-4,9-10,20H2,1H3,(H,34,41). The average Bonchev–Trinajstić information content (AvgIpc) is 3.72. The number of amides is 2. The number of nitrogens with one attached hydrogen (secondary N) is 1. The van der Waals surface area contributed by atoms with Crippen molar-refractivity contribution in [1.82, 2.24) is 35.5 Å². The predicted molar refractivity (Wildman–Crippen MR) is 156 cm³/mol. The number of pyridine rings is 2. The first kappa shape index (κ1) is 27.0. The number of carbonyl (C=O) groups excluding carboxylic acids is 2. The number of nitrogens with zero attached hydrogens (tertiary/aromatic N) is 7. The van der Waals surface area contributed by atoms with Gasteiger partial charge in [0, 0.05) is 23.2 Å². The second-order valence-electron chi connectivity index (χ2n) is 10.2. The van der Waals surface area contributed by atoms with E-state index < -0.39 is 11.9 Å². The molecule has 3 aromatic heterocycles. The Balaban J connectivity index is 1.37. The molecule has 0 aliphatic heterocycles. The normalized spacial score (nSPS) is 14.0. The summed E-state index contributed by atoms with van der Waals surface area (Å²) < 4.78 is 5.22. The number of hydrogen-bond acceptors (Lipinski definition) is 8. The van der Waals surface area contributed by atoms with E-state index in [0.29, 0.717) is 23.0 Å². The van der Waals surface area contributed by atoms with Crippen molar-refractivity contribution in [3.8, 4) is 17.1 Å². The van der Waals surface area contributed by atoms with Crippen molar-refractivity contribution in [3.05, 3.63) is 90.9 Å². The van der Waals surface area contributed by atoms with Gasteiger partial charge in [0.2, 0.25) is 11.7 Å². The Morgan fingerprint density at radius 3 is 2.57 bits per heavy atom. The molecule has 1 aliphatic rings. The molecule has 0 spiro atoms. The van der Waals surface area contributed by atoms with Crippen LogP contribution in [0.25, 0.3) is 22.3 Å². The van der Waals surface area contributed by atoms with E-state index in [1.165, 1.54) is 9.70 Å². The third-order valence-corrected chi connectivity index (χ3v) is 7.38. The van der Waals surface area contributed by atoms with Gasteiger partial charge in [-0.3, -0.25) is 24.5 Å². The summed E-state index contributed by atoms with van der Waals surface area (Å²) in [5, 5.41) is 16.7. The summed E-state index contributed by atoms with van der Waals surface area (Å²) in [7, 11) is 1.60. The fourth-order valence-corrected chi connectivity index (χ4v) is 5.26. The van der Waals surface area contributed by atoms with Crippen LogP contribution < -0.4 is 15.0 Å². The number of rotatable bonds is 9. The molecule has 1 unspecified atom stereocenters. The lowest BCUT2D eigenvalue weighted by Crippen LogP contribution is -2.47. The predicted octanol–water partition coefficient (Wildman–Crippen LogP) is 4.13. The zero-order valence-electron chi connectivity index (χ0n) is 23.1. The maximum Gasteiger partial charge on any atom is 0.251 e. The molecule has 11 nitrogen and oxygen atoms in total. The highest BCUT2D eigenvalue weighted by Gasteiger charge is 2.36. The van der Waals surface area contributed by atoms with Crippen molar-refractivity contribution in [1.29, 1.82) is 0 Å². The Bertz CT molecular complexity index is 1680. The van der Waals surface area contributed by atoms with Gasteiger partial charge in [0.1, 0.15) is 12.3 Å². The minimum atomic E-state index is -1.04. The molecule has 212 valence electrons. The number of hydrogen-bond donors (Lipinski definition) is 1. The lowest BCUT2D eigenvalue weighted by molar-refractivity contribution is -0.127. The van der Waals surface area contributed by atoms with Crippen molar-refractivity contribution in [2.45, 2.75) is 44.3 Å². The largest absolute Gasteiger partial charge is 0.497 e. The van der Waals surface area contributed by atoms with E-state index in [9.17, 15) is 9.59 Å². The van der Waals surface area contributed by atoms with E-state index >= 15 is 0 Å². The summed E-state index contributed by atoms with van der Waals surface area (Å²) in [4.78, 5) is 39.9. The number of fused-ring (bicyclic) bond motifs is 1.